The van der Waals surface area contributed by atoms with Crippen molar-refractivity contribution < 1.29 is 13.9 Å². The molecule has 1 aromatic carbocycles. The van der Waals surface area contributed by atoms with Crippen LogP contribution in [0.25, 0.3) is 0 Å². The minimum atomic E-state index is -0.426. The molecule has 21 heavy (non-hydrogen) atoms. The Kier molecular flexibility index (Phi) is 4.99. The second-order valence-corrected chi connectivity index (χ2v) is 6.22. The highest BCUT2D eigenvalue weighted by molar-refractivity contribution is 6.32. The molecule has 2 fully saturated rings. The second-order valence-electron chi connectivity index (χ2n) is 5.84. The number of rotatable bonds is 4. The Balaban J connectivity index is 1.79. The van der Waals surface area contributed by atoms with Crippen LogP contribution >= 0.6 is 11.6 Å². The molecule has 0 radical (unpaired) electrons. The lowest BCUT2D eigenvalue weighted by atomic mass is 9.85. The third-order valence-corrected chi connectivity index (χ3v) is 4.84. The van der Waals surface area contributed by atoms with E-state index in [1.807, 2.05) is 0 Å². The zero-order chi connectivity index (χ0) is 14.7. The maximum atomic E-state index is 13.6. The maximum Gasteiger partial charge on any atom is 0.145 e. The summed E-state index contributed by atoms with van der Waals surface area (Å²) in [5.74, 6) is 0.930. The highest BCUT2D eigenvalue weighted by atomic mass is 35.5. The van der Waals surface area contributed by atoms with Gasteiger partial charge < -0.3 is 14.8 Å². The Morgan fingerprint density at radius 1 is 1.24 bits per heavy atom. The number of halogens is 2. The fourth-order valence-corrected chi connectivity index (χ4v) is 3.47. The smallest absolute Gasteiger partial charge is 0.145 e. The van der Waals surface area contributed by atoms with Crippen molar-refractivity contribution in [2.75, 3.05) is 26.3 Å². The standard InChI is InChI=1S/C16H21ClFNO2/c17-15-13(18)2-1-3-14(15)21-16(12-4-7-19-10-12)11-5-8-20-9-6-11/h1-3,11-12,16,19H,4-10H2/t12-,16?/m0/s1. The molecule has 0 aliphatic carbocycles. The molecule has 3 nitrogen and oxygen atoms in total. The van der Waals surface area contributed by atoms with Gasteiger partial charge in [0.05, 0.1) is 0 Å². The summed E-state index contributed by atoms with van der Waals surface area (Å²) in [6.07, 6.45) is 3.15. The summed E-state index contributed by atoms with van der Waals surface area (Å²) in [7, 11) is 0. The molecule has 0 spiro atoms. The van der Waals surface area contributed by atoms with Crippen LogP contribution in [0.3, 0.4) is 0 Å². The summed E-state index contributed by atoms with van der Waals surface area (Å²) >= 11 is 6.04. The molecular weight excluding hydrogens is 293 g/mol. The molecule has 2 atom stereocenters. The van der Waals surface area contributed by atoms with E-state index < -0.39 is 5.82 Å². The molecule has 0 bridgehead atoms. The van der Waals surface area contributed by atoms with E-state index in [0.29, 0.717) is 17.6 Å². The van der Waals surface area contributed by atoms with Crippen LogP contribution in [0.1, 0.15) is 19.3 Å². The van der Waals surface area contributed by atoms with Crippen LogP contribution in [0.4, 0.5) is 4.39 Å². The van der Waals surface area contributed by atoms with Crippen molar-refractivity contribution in [3.05, 3.63) is 29.0 Å². The van der Waals surface area contributed by atoms with Crippen LogP contribution in [-0.4, -0.2) is 32.4 Å². The first-order valence-corrected chi connectivity index (χ1v) is 8.02. The molecule has 2 heterocycles. The first-order chi connectivity index (χ1) is 10.3. The largest absolute Gasteiger partial charge is 0.488 e. The van der Waals surface area contributed by atoms with E-state index in [-0.39, 0.29) is 11.1 Å². The van der Waals surface area contributed by atoms with Gasteiger partial charge in [-0.05, 0) is 37.9 Å². The monoisotopic (exact) mass is 313 g/mol. The second kappa shape index (κ2) is 6.95. The summed E-state index contributed by atoms with van der Waals surface area (Å²) in [6.45, 7) is 3.53. The van der Waals surface area contributed by atoms with E-state index in [1.54, 1.807) is 12.1 Å². The van der Waals surface area contributed by atoms with Gasteiger partial charge in [0.15, 0.2) is 0 Å². The Hall–Kier alpha value is -0.840. The van der Waals surface area contributed by atoms with Crippen LogP contribution in [-0.2, 0) is 4.74 Å². The molecule has 5 heteroatoms. The maximum absolute atomic E-state index is 13.6. The summed E-state index contributed by atoms with van der Waals surface area (Å²) in [4.78, 5) is 0. The average molecular weight is 314 g/mol. The van der Waals surface area contributed by atoms with Gasteiger partial charge in [-0.2, -0.15) is 0 Å². The van der Waals surface area contributed by atoms with Gasteiger partial charge in [0.2, 0.25) is 0 Å². The number of hydrogen-bond acceptors (Lipinski definition) is 3. The molecule has 0 amide bonds. The number of hydrogen-bond donors (Lipinski definition) is 1. The normalized spacial score (nSPS) is 25.0. The van der Waals surface area contributed by atoms with Crippen molar-refractivity contribution >= 4 is 11.6 Å². The van der Waals surface area contributed by atoms with Crippen LogP contribution in [0.2, 0.25) is 5.02 Å². The molecule has 0 aromatic heterocycles. The highest BCUT2D eigenvalue weighted by Gasteiger charge is 2.34. The third kappa shape index (κ3) is 3.50. The third-order valence-electron chi connectivity index (χ3n) is 4.47. The highest BCUT2D eigenvalue weighted by Crippen LogP contribution is 2.34. The number of benzene rings is 1. The molecule has 2 saturated heterocycles. The van der Waals surface area contributed by atoms with E-state index in [9.17, 15) is 4.39 Å². The molecular formula is C16H21ClFNO2. The Labute approximate surface area is 129 Å². The first-order valence-electron chi connectivity index (χ1n) is 7.65. The van der Waals surface area contributed by atoms with Gasteiger partial charge in [-0.25, -0.2) is 4.39 Å². The summed E-state index contributed by atoms with van der Waals surface area (Å²) in [6, 6.07) is 4.75. The van der Waals surface area contributed by atoms with Crippen molar-refractivity contribution in [2.45, 2.75) is 25.4 Å². The lowest BCUT2D eigenvalue weighted by molar-refractivity contribution is -0.00140. The first kappa shape index (κ1) is 15.1. The fraction of sp³-hybridized carbons (Fsp3) is 0.625. The molecule has 116 valence electrons. The molecule has 1 aromatic rings. The topological polar surface area (TPSA) is 30.5 Å². The summed E-state index contributed by atoms with van der Waals surface area (Å²) < 4.78 is 25.2. The van der Waals surface area contributed by atoms with Crippen molar-refractivity contribution in [3.8, 4) is 5.75 Å². The Morgan fingerprint density at radius 2 is 2.05 bits per heavy atom. The van der Waals surface area contributed by atoms with Crippen molar-refractivity contribution in [3.63, 3.8) is 0 Å². The van der Waals surface area contributed by atoms with E-state index in [0.717, 1.165) is 45.6 Å². The van der Waals surface area contributed by atoms with Crippen molar-refractivity contribution in [2.24, 2.45) is 11.8 Å². The quantitative estimate of drug-likeness (QED) is 0.925. The summed E-state index contributed by atoms with van der Waals surface area (Å²) in [5.41, 5.74) is 0. The van der Waals surface area contributed by atoms with E-state index in [1.165, 1.54) is 6.07 Å². The molecule has 2 aliphatic rings. The van der Waals surface area contributed by atoms with Crippen molar-refractivity contribution in [1.29, 1.82) is 0 Å². The van der Waals surface area contributed by atoms with E-state index in [2.05, 4.69) is 5.32 Å². The molecule has 2 aliphatic heterocycles. The number of nitrogens with one attached hydrogen (secondary N) is 1. The van der Waals surface area contributed by atoms with Gasteiger partial charge >= 0.3 is 0 Å². The average Bonchev–Trinajstić information content (AvgIpc) is 3.04. The lowest BCUT2D eigenvalue weighted by Crippen LogP contribution is -2.39. The fourth-order valence-electron chi connectivity index (χ4n) is 3.30. The van der Waals surface area contributed by atoms with Crippen LogP contribution < -0.4 is 10.1 Å². The predicted octanol–water partition coefficient (Wildman–Crippen LogP) is 3.26. The van der Waals surface area contributed by atoms with Crippen LogP contribution in [0, 0.1) is 17.7 Å². The summed E-state index contributed by atoms with van der Waals surface area (Å²) in [5, 5.41) is 3.47. The minimum absolute atomic E-state index is 0.0724. The van der Waals surface area contributed by atoms with Gasteiger partial charge in [0.1, 0.15) is 22.7 Å². The minimum Gasteiger partial charge on any atom is -0.488 e. The molecule has 1 N–H and O–H groups in total. The van der Waals surface area contributed by atoms with Crippen LogP contribution in [0.15, 0.2) is 18.2 Å². The predicted molar refractivity (Wildman–Crippen MR) is 80.3 cm³/mol. The Morgan fingerprint density at radius 3 is 2.76 bits per heavy atom. The zero-order valence-electron chi connectivity index (χ0n) is 12.0. The van der Waals surface area contributed by atoms with Gasteiger partial charge in [-0.3, -0.25) is 0 Å². The molecule has 3 rings (SSSR count). The van der Waals surface area contributed by atoms with Crippen molar-refractivity contribution in [1.82, 2.24) is 5.32 Å². The molecule has 1 unspecified atom stereocenters. The van der Waals surface area contributed by atoms with E-state index in [4.69, 9.17) is 21.1 Å². The van der Waals surface area contributed by atoms with E-state index >= 15 is 0 Å². The Bertz CT molecular complexity index is 473. The van der Waals surface area contributed by atoms with Crippen LogP contribution in [0.5, 0.6) is 5.75 Å². The van der Waals surface area contributed by atoms with Gasteiger partial charge in [0.25, 0.3) is 0 Å². The number of ether oxygens (including phenoxy) is 2. The SMILES string of the molecule is Fc1cccc(OC(C2CCOCC2)[C@H]2CCNC2)c1Cl. The van der Waals surface area contributed by atoms with Gasteiger partial charge in [-0.15, -0.1) is 0 Å². The lowest BCUT2D eigenvalue weighted by Gasteiger charge is -2.34. The van der Waals surface area contributed by atoms with Gasteiger partial charge in [0, 0.05) is 31.6 Å². The van der Waals surface area contributed by atoms with Gasteiger partial charge in [-0.1, -0.05) is 17.7 Å². The zero-order valence-corrected chi connectivity index (χ0v) is 12.7. The molecule has 0 saturated carbocycles.